The number of hydrogen-bond donors (Lipinski definition) is 0. The fourth-order valence-corrected chi connectivity index (χ4v) is 2.48. The van der Waals surface area contributed by atoms with Gasteiger partial charge in [-0.1, -0.05) is 47.1 Å². The van der Waals surface area contributed by atoms with Crippen molar-refractivity contribution in [3.63, 3.8) is 0 Å². The maximum Gasteiger partial charge on any atom is 0.177 e. The molecule has 1 aromatic heterocycles. The predicted molar refractivity (Wildman–Crippen MR) is 83.7 cm³/mol. The minimum absolute atomic E-state index is 0.121. The average Bonchev–Trinajstić information content (AvgIpc) is 2.48. The van der Waals surface area contributed by atoms with Crippen LogP contribution in [0.1, 0.15) is 23.0 Å². The maximum absolute atomic E-state index is 12.3. The smallest absolute Gasteiger partial charge is 0.177 e. The van der Waals surface area contributed by atoms with Crippen molar-refractivity contribution < 1.29 is 4.79 Å². The highest BCUT2D eigenvalue weighted by molar-refractivity contribution is 9.10. The number of nitrogens with zero attached hydrogens (tertiary/aromatic N) is 2. The van der Waals surface area contributed by atoms with Crippen LogP contribution in [0.3, 0.4) is 0 Å². The summed E-state index contributed by atoms with van der Waals surface area (Å²) in [6.07, 6.45) is 1.78. The van der Waals surface area contributed by atoms with Crippen LogP contribution in [0, 0.1) is 0 Å². The Morgan fingerprint density at radius 1 is 1.20 bits per heavy atom. The second kappa shape index (κ2) is 7.31. The van der Waals surface area contributed by atoms with Crippen molar-refractivity contribution in [3.05, 3.63) is 64.4 Å². The van der Waals surface area contributed by atoms with E-state index in [0.717, 1.165) is 22.3 Å². The highest BCUT2D eigenvalue weighted by Crippen LogP contribution is 2.17. The lowest BCUT2D eigenvalue weighted by atomic mass is 10.1. The van der Waals surface area contributed by atoms with E-state index in [1.54, 1.807) is 6.20 Å². The van der Waals surface area contributed by atoms with E-state index < -0.39 is 0 Å². The molecule has 0 bridgehead atoms. The molecule has 0 atom stereocenters. The molecule has 1 aromatic carbocycles. The van der Waals surface area contributed by atoms with Gasteiger partial charge < -0.3 is 0 Å². The first-order chi connectivity index (χ1) is 9.70. The molecule has 2 rings (SSSR count). The highest BCUT2D eigenvalue weighted by Gasteiger charge is 2.14. The van der Waals surface area contributed by atoms with E-state index in [4.69, 9.17) is 0 Å². The van der Waals surface area contributed by atoms with Crippen LogP contribution < -0.4 is 0 Å². The zero-order valence-electron chi connectivity index (χ0n) is 11.4. The number of benzene rings is 1. The molecule has 0 radical (unpaired) electrons. The van der Waals surface area contributed by atoms with Crippen LogP contribution in [0.25, 0.3) is 0 Å². The van der Waals surface area contributed by atoms with Gasteiger partial charge in [-0.25, -0.2) is 0 Å². The summed E-state index contributed by atoms with van der Waals surface area (Å²) in [4.78, 5) is 18.7. The molecular formula is C16H17BrN2O. The summed E-state index contributed by atoms with van der Waals surface area (Å²) in [7, 11) is 0. The van der Waals surface area contributed by atoms with Gasteiger partial charge in [-0.15, -0.1) is 0 Å². The van der Waals surface area contributed by atoms with Gasteiger partial charge in [0.1, 0.15) is 0 Å². The molecule has 0 aliphatic heterocycles. The fraction of sp³-hybridized carbons (Fsp3) is 0.250. The van der Waals surface area contributed by atoms with Crippen LogP contribution in [-0.4, -0.2) is 28.8 Å². The SMILES string of the molecule is CCN(CC(=O)c1ccccc1Br)Cc1ccccn1. The average molecular weight is 333 g/mol. The van der Waals surface area contributed by atoms with Crippen molar-refractivity contribution in [2.24, 2.45) is 0 Å². The second-order valence-electron chi connectivity index (χ2n) is 4.53. The number of rotatable bonds is 6. The molecule has 2 aromatic rings. The van der Waals surface area contributed by atoms with Crippen molar-refractivity contribution in [1.29, 1.82) is 0 Å². The van der Waals surface area contributed by atoms with Crippen molar-refractivity contribution in [3.8, 4) is 0 Å². The Morgan fingerprint density at radius 3 is 2.60 bits per heavy atom. The highest BCUT2D eigenvalue weighted by atomic mass is 79.9. The van der Waals surface area contributed by atoms with Gasteiger partial charge >= 0.3 is 0 Å². The molecule has 0 saturated carbocycles. The Balaban J connectivity index is 2.03. The second-order valence-corrected chi connectivity index (χ2v) is 5.38. The monoisotopic (exact) mass is 332 g/mol. The molecule has 0 amide bonds. The van der Waals surface area contributed by atoms with E-state index in [0.29, 0.717) is 13.1 Å². The number of Topliss-reactive ketones (excluding diaryl/α,β-unsaturated/α-hetero) is 1. The van der Waals surface area contributed by atoms with E-state index in [1.807, 2.05) is 42.5 Å². The van der Waals surface area contributed by atoms with Gasteiger partial charge in [0, 0.05) is 22.8 Å². The minimum atomic E-state index is 0.121. The third-order valence-electron chi connectivity index (χ3n) is 3.10. The zero-order valence-corrected chi connectivity index (χ0v) is 13.0. The third kappa shape index (κ3) is 3.99. The number of carbonyl (C=O) groups is 1. The van der Waals surface area contributed by atoms with E-state index in [9.17, 15) is 4.79 Å². The van der Waals surface area contributed by atoms with Gasteiger partial charge in [-0.3, -0.25) is 14.7 Å². The lowest BCUT2D eigenvalue weighted by Gasteiger charge is -2.19. The lowest BCUT2D eigenvalue weighted by molar-refractivity contribution is 0.0928. The maximum atomic E-state index is 12.3. The van der Waals surface area contributed by atoms with Gasteiger partial charge in [0.05, 0.1) is 12.2 Å². The summed E-state index contributed by atoms with van der Waals surface area (Å²) < 4.78 is 0.846. The Labute approximate surface area is 127 Å². The Hall–Kier alpha value is -1.52. The largest absolute Gasteiger partial charge is 0.293 e. The third-order valence-corrected chi connectivity index (χ3v) is 3.79. The molecule has 0 aliphatic rings. The van der Waals surface area contributed by atoms with Gasteiger partial charge in [0.15, 0.2) is 5.78 Å². The quantitative estimate of drug-likeness (QED) is 0.758. The van der Waals surface area contributed by atoms with Crippen molar-refractivity contribution in [2.45, 2.75) is 13.5 Å². The normalized spacial score (nSPS) is 10.8. The number of pyridine rings is 1. The number of hydrogen-bond acceptors (Lipinski definition) is 3. The first-order valence-corrected chi connectivity index (χ1v) is 7.40. The summed E-state index contributed by atoms with van der Waals surface area (Å²) in [6, 6.07) is 13.4. The molecule has 0 fully saturated rings. The Kier molecular flexibility index (Phi) is 5.44. The van der Waals surface area contributed by atoms with Crippen molar-refractivity contribution in [2.75, 3.05) is 13.1 Å². The summed E-state index contributed by atoms with van der Waals surface area (Å²) >= 11 is 3.42. The van der Waals surface area contributed by atoms with Gasteiger partial charge in [0.25, 0.3) is 0 Å². The summed E-state index contributed by atoms with van der Waals surface area (Å²) in [5, 5.41) is 0. The first-order valence-electron chi connectivity index (χ1n) is 6.60. The molecule has 4 heteroatoms. The molecule has 104 valence electrons. The number of ketones is 1. The van der Waals surface area contributed by atoms with E-state index in [1.165, 1.54) is 0 Å². The predicted octanol–water partition coefficient (Wildman–Crippen LogP) is 3.55. The number of likely N-dealkylation sites (N-methyl/N-ethyl adjacent to an activating group) is 1. The van der Waals surface area contributed by atoms with E-state index in [2.05, 4.69) is 32.7 Å². The van der Waals surface area contributed by atoms with Crippen LogP contribution in [0.15, 0.2) is 53.1 Å². The van der Waals surface area contributed by atoms with Crippen molar-refractivity contribution >= 4 is 21.7 Å². The molecule has 0 saturated heterocycles. The van der Waals surface area contributed by atoms with Gasteiger partial charge in [-0.05, 0) is 24.7 Å². The molecule has 0 spiro atoms. The van der Waals surface area contributed by atoms with Crippen molar-refractivity contribution in [1.82, 2.24) is 9.88 Å². The van der Waals surface area contributed by atoms with Crippen LogP contribution in [0.2, 0.25) is 0 Å². The van der Waals surface area contributed by atoms with Crippen LogP contribution in [-0.2, 0) is 6.54 Å². The molecule has 20 heavy (non-hydrogen) atoms. The molecule has 3 nitrogen and oxygen atoms in total. The fourth-order valence-electron chi connectivity index (χ4n) is 1.98. The molecule has 0 N–H and O–H groups in total. The molecule has 1 heterocycles. The zero-order chi connectivity index (χ0) is 14.4. The minimum Gasteiger partial charge on any atom is -0.293 e. The summed E-state index contributed by atoms with van der Waals surface area (Å²) in [5.74, 6) is 0.121. The summed E-state index contributed by atoms with van der Waals surface area (Å²) in [6.45, 7) is 3.95. The van der Waals surface area contributed by atoms with Crippen LogP contribution in [0.4, 0.5) is 0 Å². The Morgan fingerprint density at radius 2 is 1.95 bits per heavy atom. The number of carbonyl (C=O) groups excluding carboxylic acids is 1. The Bertz CT molecular complexity index is 572. The number of aromatic nitrogens is 1. The summed E-state index contributed by atoms with van der Waals surface area (Å²) in [5.41, 5.74) is 1.71. The van der Waals surface area contributed by atoms with Crippen LogP contribution in [0.5, 0.6) is 0 Å². The van der Waals surface area contributed by atoms with Gasteiger partial charge in [0.2, 0.25) is 0 Å². The molecule has 0 unspecified atom stereocenters. The van der Waals surface area contributed by atoms with Gasteiger partial charge in [-0.2, -0.15) is 0 Å². The lowest BCUT2D eigenvalue weighted by Crippen LogP contribution is -2.29. The first kappa shape index (κ1) is 14.9. The van der Waals surface area contributed by atoms with E-state index in [-0.39, 0.29) is 5.78 Å². The topological polar surface area (TPSA) is 33.2 Å². The van der Waals surface area contributed by atoms with E-state index >= 15 is 0 Å². The molecular weight excluding hydrogens is 316 g/mol. The molecule has 0 aliphatic carbocycles. The standard InChI is InChI=1S/C16H17BrN2O/c1-2-19(11-13-7-5-6-10-18-13)12-16(20)14-8-3-4-9-15(14)17/h3-10H,2,11-12H2,1H3. The number of halogens is 1. The van der Waals surface area contributed by atoms with Crippen LogP contribution >= 0.6 is 15.9 Å².